The molecule has 2 aliphatic heterocycles. The van der Waals surface area contributed by atoms with Gasteiger partial charge < -0.3 is 10.2 Å². The van der Waals surface area contributed by atoms with Crippen molar-refractivity contribution in [3.8, 4) is 0 Å². The first-order chi connectivity index (χ1) is 8.74. The monoisotopic (exact) mass is 265 g/mol. The molecule has 3 nitrogen and oxygen atoms in total. The molecule has 2 saturated heterocycles. The fourth-order valence-corrected chi connectivity index (χ4v) is 4.16. The van der Waals surface area contributed by atoms with Gasteiger partial charge in [0.05, 0.1) is 5.69 Å². The predicted molar refractivity (Wildman–Crippen MR) is 77.5 cm³/mol. The third-order valence-electron chi connectivity index (χ3n) is 4.49. The summed E-state index contributed by atoms with van der Waals surface area (Å²) in [5.74, 6) is 0.894. The van der Waals surface area contributed by atoms with Crippen molar-refractivity contribution in [3.05, 3.63) is 10.6 Å². The molecule has 4 heteroatoms. The lowest BCUT2D eigenvalue weighted by Crippen LogP contribution is -2.40. The largest absolute Gasteiger partial charge is 0.348 e. The van der Waals surface area contributed by atoms with Gasteiger partial charge in [-0.2, -0.15) is 0 Å². The molecule has 0 aliphatic carbocycles. The number of nitrogens with one attached hydrogen (secondary N) is 1. The second kappa shape index (κ2) is 5.17. The molecule has 2 fully saturated rings. The van der Waals surface area contributed by atoms with Crippen molar-refractivity contribution in [2.24, 2.45) is 5.92 Å². The minimum Gasteiger partial charge on any atom is -0.348 e. The predicted octanol–water partition coefficient (Wildman–Crippen LogP) is 2.73. The van der Waals surface area contributed by atoms with Gasteiger partial charge in [0.15, 0.2) is 5.13 Å². The van der Waals surface area contributed by atoms with E-state index >= 15 is 0 Å². The van der Waals surface area contributed by atoms with E-state index in [0.717, 1.165) is 12.0 Å². The van der Waals surface area contributed by atoms with Crippen molar-refractivity contribution in [2.75, 3.05) is 24.5 Å². The SMILES string of the molecule is Cc1nc(N2CCC(C3CCCN3)CC2)sc1C. The molecule has 100 valence electrons. The van der Waals surface area contributed by atoms with Crippen molar-refractivity contribution in [2.45, 2.75) is 45.6 Å². The van der Waals surface area contributed by atoms with Gasteiger partial charge in [-0.25, -0.2) is 4.98 Å². The fourth-order valence-electron chi connectivity index (χ4n) is 3.20. The van der Waals surface area contributed by atoms with E-state index < -0.39 is 0 Å². The van der Waals surface area contributed by atoms with E-state index in [1.807, 2.05) is 11.3 Å². The standard InChI is InChI=1S/C14H23N3S/c1-10-11(2)18-14(16-10)17-8-5-12(6-9-17)13-4-3-7-15-13/h12-13,15H,3-9H2,1-2H3. The molecule has 1 aromatic heterocycles. The zero-order chi connectivity index (χ0) is 12.5. The zero-order valence-electron chi connectivity index (χ0n) is 11.4. The van der Waals surface area contributed by atoms with Crippen molar-refractivity contribution >= 4 is 16.5 Å². The number of hydrogen-bond donors (Lipinski definition) is 1. The molecule has 2 aliphatic rings. The van der Waals surface area contributed by atoms with Crippen molar-refractivity contribution < 1.29 is 0 Å². The van der Waals surface area contributed by atoms with E-state index in [9.17, 15) is 0 Å². The van der Waals surface area contributed by atoms with Crippen LogP contribution in [0.2, 0.25) is 0 Å². The highest BCUT2D eigenvalue weighted by Crippen LogP contribution is 2.31. The lowest BCUT2D eigenvalue weighted by molar-refractivity contribution is 0.319. The average Bonchev–Trinajstić information content (AvgIpc) is 3.01. The van der Waals surface area contributed by atoms with Gasteiger partial charge in [0.1, 0.15) is 0 Å². The van der Waals surface area contributed by atoms with Crippen LogP contribution in [0.15, 0.2) is 0 Å². The van der Waals surface area contributed by atoms with Crippen molar-refractivity contribution in [1.82, 2.24) is 10.3 Å². The molecule has 3 heterocycles. The molecule has 1 atom stereocenters. The maximum atomic E-state index is 4.69. The maximum Gasteiger partial charge on any atom is 0.185 e. The van der Waals surface area contributed by atoms with Gasteiger partial charge in [0.2, 0.25) is 0 Å². The zero-order valence-corrected chi connectivity index (χ0v) is 12.2. The minimum absolute atomic E-state index is 0.798. The topological polar surface area (TPSA) is 28.2 Å². The third kappa shape index (κ3) is 2.41. The number of anilines is 1. The number of rotatable bonds is 2. The molecule has 0 spiro atoms. The van der Waals surface area contributed by atoms with Gasteiger partial charge in [-0.05, 0) is 52.0 Å². The number of nitrogens with zero attached hydrogens (tertiary/aromatic N) is 2. The van der Waals surface area contributed by atoms with E-state index in [1.54, 1.807) is 0 Å². The summed E-state index contributed by atoms with van der Waals surface area (Å²) in [6, 6.07) is 0.798. The highest BCUT2D eigenvalue weighted by molar-refractivity contribution is 7.15. The molecule has 1 unspecified atom stereocenters. The van der Waals surface area contributed by atoms with E-state index in [1.165, 1.54) is 61.0 Å². The van der Waals surface area contributed by atoms with Gasteiger partial charge in [-0.3, -0.25) is 0 Å². The normalized spacial score (nSPS) is 25.9. The summed E-state index contributed by atoms with van der Waals surface area (Å²) in [7, 11) is 0. The molecule has 3 rings (SSSR count). The average molecular weight is 265 g/mol. The van der Waals surface area contributed by atoms with Crippen LogP contribution in [0.4, 0.5) is 5.13 Å². The quantitative estimate of drug-likeness (QED) is 0.891. The lowest BCUT2D eigenvalue weighted by atomic mass is 9.89. The smallest absolute Gasteiger partial charge is 0.185 e. The second-order valence-electron chi connectivity index (χ2n) is 5.67. The highest BCUT2D eigenvalue weighted by atomic mass is 32.1. The summed E-state index contributed by atoms with van der Waals surface area (Å²) in [6.07, 6.45) is 5.42. The minimum atomic E-state index is 0.798. The fraction of sp³-hybridized carbons (Fsp3) is 0.786. The Bertz CT molecular complexity index is 382. The number of hydrogen-bond acceptors (Lipinski definition) is 4. The first kappa shape index (κ1) is 12.4. The van der Waals surface area contributed by atoms with Crippen LogP contribution in [0.25, 0.3) is 0 Å². The van der Waals surface area contributed by atoms with Crippen LogP contribution in [0, 0.1) is 19.8 Å². The Labute approximate surface area is 114 Å². The Morgan fingerprint density at radius 1 is 1.22 bits per heavy atom. The molecule has 0 aromatic carbocycles. The van der Waals surface area contributed by atoms with Gasteiger partial charge in [0, 0.05) is 24.0 Å². The lowest BCUT2D eigenvalue weighted by Gasteiger charge is -2.34. The maximum absolute atomic E-state index is 4.69. The summed E-state index contributed by atoms with van der Waals surface area (Å²) < 4.78 is 0. The summed E-state index contributed by atoms with van der Waals surface area (Å²) in [5, 5.41) is 4.90. The number of thiazole rings is 1. The number of piperidine rings is 1. The molecule has 0 amide bonds. The van der Waals surface area contributed by atoms with E-state index in [0.29, 0.717) is 0 Å². The second-order valence-corrected chi connectivity index (χ2v) is 6.85. The molecule has 18 heavy (non-hydrogen) atoms. The molecular weight excluding hydrogens is 242 g/mol. The summed E-state index contributed by atoms with van der Waals surface area (Å²) >= 11 is 1.85. The summed E-state index contributed by atoms with van der Waals surface area (Å²) in [5.41, 5.74) is 1.20. The molecule has 0 saturated carbocycles. The van der Waals surface area contributed by atoms with Crippen molar-refractivity contribution in [1.29, 1.82) is 0 Å². The Morgan fingerprint density at radius 2 is 2.00 bits per heavy atom. The molecule has 1 aromatic rings. The van der Waals surface area contributed by atoms with Crippen LogP contribution in [-0.2, 0) is 0 Å². The van der Waals surface area contributed by atoms with Crippen LogP contribution in [0.3, 0.4) is 0 Å². The van der Waals surface area contributed by atoms with E-state index in [4.69, 9.17) is 0 Å². The van der Waals surface area contributed by atoms with E-state index in [2.05, 4.69) is 29.0 Å². The van der Waals surface area contributed by atoms with Gasteiger partial charge >= 0.3 is 0 Å². The van der Waals surface area contributed by atoms with Gasteiger partial charge in [-0.1, -0.05) is 0 Å². The number of aromatic nitrogens is 1. The Balaban J connectivity index is 1.59. The van der Waals surface area contributed by atoms with Crippen molar-refractivity contribution in [3.63, 3.8) is 0 Å². The van der Waals surface area contributed by atoms with Crippen LogP contribution < -0.4 is 10.2 Å². The van der Waals surface area contributed by atoms with E-state index in [-0.39, 0.29) is 0 Å². The molecule has 1 N–H and O–H groups in total. The van der Waals surface area contributed by atoms with Crippen LogP contribution in [0.5, 0.6) is 0 Å². The first-order valence-electron chi connectivity index (χ1n) is 7.16. The van der Waals surface area contributed by atoms with Crippen LogP contribution in [-0.4, -0.2) is 30.7 Å². The Hall–Kier alpha value is -0.610. The van der Waals surface area contributed by atoms with Crippen LogP contribution >= 0.6 is 11.3 Å². The Kier molecular flexibility index (Phi) is 3.57. The molecular formula is C14H23N3S. The number of aryl methyl sites for hydroxylation is 2. The third-order valence-corrected chi connectivity index (χ3v) is 5.63. The highest BCUT2D eigenvalue weighted by Gasteiger charge is 2.29. The van der Waals surface area contributed by atoms with Crippen LogP contribution in [0.1, 0.15) is 36.3 Å². The summed E-state index contributed by atoms with van der Waals surface area (Å²) in [6.45, 7) is 7.90. The summed E-state index contributed by atoms with van der Waals surface area (Å²) in [4.78, 5) is 8.53. The van der Waals surface area contributed by atoms with Gasteiger partial charge in [-0.15, -0.1) is 11.3 Å². The first-order valence-corrected chi connectivity index (χ1v) is 7.98. The molecule has 0 bridgehead atoms. The van der Waals surface area contributed by atoms with Gasteiger partial charge in [0.25, 0.3) is 0 Å². The Morgan fingerprint density at radius 3 is 2.56 bits per heavy atom. The molecule has 0 radical (unpaired) electrons.